The minimum absolute atomic E-state index is 0.200. The first kappa shape index (κ1) is 15.3. The van der Waals surface area contributed by atoms with Crippen LogP contribution in [0.5, 0.6) is 0 Å². The summed E-state index contributed by atoms with van der Waals surface area (Å²) in [5.41, 5.74) is 2.69. The molecule has 0 bridgehead atoms. The first-order valence-electron chi connectivity index (χ1n) is 7.95. The minimum Gasteiger partial charge on any atom is -0.367 e. The summed E-state index contributed by atoms with van der Waals surface area (Å²) in [5, 5.41) is 3.52. The van der Waals surface area contributed by atoms with Crippen LogP contribution < -0.4 is 5.32 Å². The van der Waals surface area contributed by atoms with Crippen LogP contribution in [0.15, 0.2) is 36.5 Å². The Kier molecular flexibility index (Phi) is 4.32. The van der Waals surface area contributed by atoms with E-state index in [1.165, 1.54) is 11.3 Å². The van der Waals surface area contributed by atoms with Gasteiger partial charge in [0.25, 0.3) is 0 Å². The van der Waals surface area contributed by atoms with Crippen LogP contribution in [0.25, 0.3) is 11.3 Å². The van der Waals surface area contributed by atoms with Crippen molar-refractivity contribution in [2.75, 3.05) is 13.1 Å². The van der Waals surface area contributed by atoms with Crippen LogP contribution in [0.4, 0.5) is 0 Å². The molecular formula is C18H25N3O. The molecule has 1 aromatic heterocycles. The maximum Gasteiger partial charge on any atom is 0.135 e. The van der Waals surface area contributed by atoms with Gasteiger partial charge in [-0.1, -0.05) is 51.1 Å². The summed E-state index contributed by atoms with van der Waals surface area (Å²) in [6, 6.07) is 10.4. The molecule has 1 aromatic carbocycles. The molecule has 22 heavy (non-hydrogen) atoms. The van der Waals surface area contributed by atoms with Crippen LogP contribution in [0, 0.1) is 5.41 Å². The standard InChI is InChI=1S/C18H25N3O/c1-18(2,3)13-19-9-15-11-21-16(10-20-17(21)12-22-15)14-7-5-4-6-8-14/h4-8,10,15,19H,9,11-13H2,1-3H3. The van der Waals surface area contributed by atoms with E-state index in [9.17, 15) is 0 Å². The quantitative estimate of drug-likeness (QED) is 0.943. The topological polar surface area (TPSA) is 39.1 Å². The number of hydrogen-bond donors (Lipinski definition) is 1. The highest BCUT2D eigenvalue weighted by Crippen LogP contribution is 2.24. The molecule has 118 valence electrons. The van der Waals surface area contributed by atoms with Gasteiger partial charge in [-0.2, -0.15) is 0 Å². The SMILES string of the molecule is CC(C)(C)CNCC1Cn2c(-c3ccccc3)cnc2CO1. The number of hydrogen-bond acceptors (Lipinski definition) is 3. The molecule has 3 rings (SSSR count). The lowest BCUT2D eigenvalue weighted by Gasteiger charge is -2.27. The van der Waals surface area contributed by atoms with E-state index >= 15 is 0 Å². The Bertz CT molecular complexity index is 613. The van der Waals surface area contributed by atoms with Gasteiger partial charge < -0.3 is 14.6 Å². The molecule has 0 saturated heterocycles. The Morgan fingerprint density at radius 1 is 1.27 bits per heavy atom. The van der Waals surface area contributed by atoms with Crippen LogP contribution in [-0.4, -0.2) is 28.7 Å². The van der Waals surface area contributed by atoms with Crippen LogP contribution in [-0.2, 0) is 17.9 Å². The Morgan fingerprint density at radius 3 is 2.77 bits per heavy atom. The van der Waals surface area contributed by atoms with E-state index in [0.29, 0.717) is 12.0 Å². The summed E-state index contributed by atoms with van der Waals surface area (Å²) in [5.74, 6) is 1.02. The van der Waals surface area contributed by atoms with Crippen molar-refractivity contribution in [1.29, 1.82) is 0 Å². The molecule has 2 aromatic rings. The third-order valence-corrected chi connectivity index (χ3v) is 3.87. The fourth-order valence-corrected chi connectivity index (χ4v) is 2.75. The number of ether oxygens (including phenoxy) is 1. The van der Waals surface area contributed by atoms with Gasteiger partial charge in [0.05, 0.1) is 24.5 Å². The smallest absolute Gasteiger partial charge is 0.135 e. The summed E-state index contributed by atoms with van der Waals surface area (Å²) in [4.78, 5) is 4.50. The van der Waals surface area contributed by atoms with E-state index in [2.05, 4.69) is 59.9 Å². The Labute approximate surface area is 132 Å². The number of nitrogens with zero attached hydrogens (tertiary/aromatic N) is 2. The van der Waals surface area contributed by atoms with Gasteiger partial charge in [-0.3, -0.25) is 0 Å². The molecule has 4 heteroatoms. The van der Waals surface area contributed by atoms with Gasteiger partial charge >= 0.3 is 0 Å². The lowest BCUT2D eigenvalue weighted by atomic mass is 9.97. The van der Waals surface area contributed by atoms with E-state index in [1.54, 1.807) is 0 Å². The van der Waals surface area contributed by atoms with Gasteiger partial charge in [0.1, 0.15) is 12.4 Å². The Balaban J connectivity index is 1.69. The van der Waals surface area contributed by atoms with E-state index in [1.807, 2.05) is 12.3 Å². The first-order valence-corrected chi connectivity index (χ1v) is 7.95. The van der Waals surface area contributed by atoms with Gasteiger partial charge in [-0.05, 0) is 11.0 Å². The number of fused-ring (bicyclic) bond motifs is 1. The van der Waals surface area contributed by atoms with Gasteiger partial charge in [-0.15, -0.1) is 0 Å². The van der Waals surface area contributed by atoms with Crippen molar-refractivity contribution in [2.45, 2.75) is 40.0 Å². The van der Waals surface area contributed by atoms with Crippen molar-refractivity contribution in [3.63, 3.8) is 0 Å². The van der Waals surface area contributed by atoms with Crippen molar-refractivity contribution in [3.05, 3.63) is 42.4 Å². The van der Waals surface area contributed by atoms with Crippen molar-refractivity contribution < 1.29 is 4.74 Å². The summed E-state index contributed by atoms with van der Waals surface area (Å²) >= 11 is 0. The molecule has 1 atom stereocenters. The van der Waals surface area contributed by atoms with Crippen LogP contribution in [0.2, 0.25) is 0 Å². The van der Waals surface area contributed by atoms with Crippen molar-refractivity contribution in [1.82, 2.24) is 14.9 Å². The molecule has 0 saturated carbocycles. The van der Waals surface area contributed by atoms with Crippen LogP contribution in [0.1, 0.15) is 26.6 Å². The fourth-order valence-electron chi connectivity index (χ4n) is 2.75. The Morgan fingerprint density at radius 2 is 2.05 bits per heavy atom. The van der Waals surface area contributed by atoms with E-state index in [-0.39, 0.29) is 6.10 Å². The second-order valence-corrected chi connectivity index (χ2v) is 7.16. The maximum atomic E-state index is 5.92. The number of benzene rings is 1. The molecule has 1 aliphatic rings. The lowest BCUT2D eigenvalue weighted by molar-refractivity contribution is 0.00255. The molecule has 1 aliphatic heterocycles. The number of imidazole rings is 1. The molecule has 2 heterocycles. The summed E-state index contributed by atoms with van der Waals surface area (Å²) < 4.78 is 8.22. The number of rotatable bonds is 4. The highest BCUT2D eigenvalue weighted by molar-refractivity contribution is 5.59. The molecule has 0 amide bonds. The summed E-state index contributed by atoms with van der Waals surface area (Å²) in [6.45, 7) is 10.0. The van der Waals surface area contributed by atoms with Gasteiger partial charge in [0.2, 0.25) is 0 Å². The molecule has 0 radical (unpaired) electrons. The molecule has 1 N–H and O–H groups in total. The predicted octanol–water partition coefficient (Wildman–Crippen LogP) is 3.08. The van der Waals surface area contributed by atoms with Gasteiger partial charge in [0, 0.05) is 13.1 Å². The molecule has 0 spiro atoms. The van der Waals surface area contributed by atoms with Gasteiger partial charge in [-0.25, -0.2) is 4.98 Å². The monoisotopic (exact) mass is 299 g/mol. The number of aromatic nitrogens is 2. The second kappa shape index (κ2) is 6.23. The predicted molar refractivity (Wildman–Crippen MR) is 88.6 cm³/mol. The summed E-state index contributed by atoms with van der Waals surface area (Å²) in [7, 11) is 0. The first-order chi connectivity index (χ1) is 10.5. The highest BCUT2D eigenvalue weighted by atomic mass is 16.5. The molecule has 0 aliphatic carbocycles. The fraction of sp³-hybridized carbons (Fsp3) is 0.500. The maximum absolute atomic E-state index is 5.92. The zero-order valence-corrected chi connectivity index (χ0v) is 13.7. The van der Waals surface area contributed by atoms with Crippen molar-refractivity contribution in [2.24, 2.45) is 5.41 Å². The van der Waals surface area contributed by atoms with Gasteiger partial charge in [0.15, 0.2) is 0 Å². The normalized spacial score (nSPS) is 18.2. The number of nitrogens with one attached hydrogen (secondary N) is 1. The average molecular weight is 299 g/mol. The minimum atomic E-state index is 0.200. The zero-order chi connectivity index (χ0) is 15.6. The van der Waals surface area contributed by atoms with Crippen LogP contribution >= 0.6 is 0 Å². The zero-order valence-electron chi connectivity index (χ0n) is 13.7. The molecular weight excluding hydrogens is 274 g/mol. The van der Waals surface area contributed by atoms with Crippen molar-refractivity contribution >= 4 is 0 Å². The average Bonchev–Trinajstić information content (AvgIpc) is 2.90. The third-order valence-electron chi connectivity index (χ3n) is 3.87. The Hall–Kier alpha value is -1.65. The lowest BCUT2D eigenvalue weighted by Crippen LogP contribution is -2.39. The summed E-state index contributed by atoms with van der Waals surface area (Å²) in [6.07, 6.45) is 2.16. The van der Waals surface area contributed by atoms with Crippen LogP contribution in [0.3, 0.4) is 0 Å². The molecule has 4 nitrogen and oxygen atoms in total. The molecule has 1 unspecified atom stereocenters. The van der Waals surface area contributed by atoms with E-state index in [4.69, 9.17) is 4.74 Å². The van der Waals surface area contributed by atoms with E-state index in [0.717, 1.165) is 25.5 Å². The third kappa shape index (κ3) is 3.57. The molecule has 0 fully saturated rings. The largest absolute Gasteiger partial charge is 0.367 e. The highest BCUT2D eigenvalue weighted by Gasteiger charge is 2.23. The second-order valence-electron chi connectivity index (χ2n) is 7.16. The van der Waals surface area contributed by atoms with E-state index < -0.39 is 0 Å². The van der Waals surface area contributed by atoms with Crippen molar-refractivity contribution in [3.8, 4) is 11.3 Å².